The Balaban J connectivity index is 1.23. The Morgan fingerprint density at radius 2 is 1.06 bits per heavy atom. The molecule has 0 radical (unpaired) electrons. The van der Waals surface area contributed by atoms with Crippen LogP contribution in [0.5, 0.6) is 0 Å². The van der Waals surface area contributed by atoms with Gasteiger partial charge in [-0.1, -0.05) is 103 Å². The van der Waals surface area contributed by atoms with Crippen LogP contribution in [0.3, 0.4) is 0 Å². The molecule has 5 aromatic carbocycles. The molecule has 4 heteroatoms. The number of hydrogen-bond donors (Lipinski definition) is 0. The van der Waals surface area contributed by atoms with E-state index in [2.05, 4.69) is 72.8 Å². The van der Waals surface area contributed by atoms with Gasteiger partial charge >= 0.3 is 0 Å². The zero-order chi connectivity index (χ0) is 31.8. The van der Waals surface area contributed by atoms with Gasteiger partial charge in [-0.3, -0.25) is 0 Å². The van der Waals surface area contributed by atoms with E-state index in [0.717, 1.165) is 39.9 Å². The lowest BCUT2D eigenvalue weighted by atomic mass is 9.42. The summed E-state index contributed by atoms with van der Waals surface area (Å²) >= 11 is 0. The standard InChI is InChI=1S/C44H34N4/c45-26-27-9-7-14-32(20-27)33-17-18-36-37-15-8-16-38(40(37)44(39(36)25-33)34-21-28-19-29(23-34)24-35(44)22-28)43-47-41(30-10-3-1-4-11-30)46-42(48-43)31-12-5-2-6-13-31/h1-18,20,25,28-29,34-35H,19,21-24H2. The van der Waals surface area contributed by atoms with Crippen molar-refractivity contribution < 1.29 is 0 Å². The monoisotopic (exact) mass is 618 g/mol. The van der Waals surface area contributed by atoms with Crippen LogP contribution in [0.4, 0.5) is 0 Å². The molecule has 6 aromatic rings. The van der Waals surface area contributed by atoms with Crippen molar-refractivity contribution in [1.82, 2.24) is 15.0 Å². The summed E-state index contributed by atoms with van der Waals surface area (Å²) in [5, 5.41) is 9.68. The summed E-state index contributed by atoms with van der Waals surface area (Å²) in [6.07, 6.45) is 6.55. The second-order valence-corrected chi connectivity index (χ2v) is 14.4. The van der Waals surface area contributed by atoms with Gasteiger partial charge in [-0.2, -0.15) is 5.26 Å². The Labute approximate surface area is 281 Å². The average molecular weight is 619 g/mol. The van der Waals surface area contributed by atoms with E-state index >= 15 is 0 Å². The smallest absolute Gasteiger partial charge is 0.164 e. The van der Waals surface area contributed by atoms with Crippen molar-refractivity contribution in [3.8, 4) is 62.5 Å². The molecule has 48 heavy (non-hydrogen) atoms. The number of benzene rings is 5. The van der Waals surface area contributed by atoms with Crippen molar-refractivity contribution in [2.24, 2.45) is 23.7 Å². The molecule has 4 saturated carbocycles. The molecule has 230 valence electrons. The van der Waals surface area contributed by atoms with Crippen molar-refractivity contribution in [2.45, 2.75) is 37.5 Å². The predicted octanol–water partition coefficient (Wildman–Crippen LogP) is 10.1. The second kappa shape index (κ2) is 10.6. The zero-order valence-electron chi connectivity index (χ0n) is 26.7. The minimum atomic E-state index is -0.0933. The fraction of sp³-hybridized carbons (Fsp3) is 0.227. The number of rotatable bonds is 4. The summed E-state index contributed by atoms with van der Waals surface area (Å²) in [4.78, 5) is 15.6. The summed E-state index contributed by atoms with van der Waals surface area (Å²) in [5.74, 6) is 4.99. The van der Waals surface area contributed by atoms with E-state index in [4.69, 9.17) is 15.0 Å². The van der Waals surface area contributed by atoms with Gasteiger partial charge in [-0.15, -0.1) is 0 Å². The van der Waals surface area contributed by atoms with Gasteiger partial charge in [0, 0.05) is 22.1 Å². The van der Waals surface area contributed by atoms with Gasteiger partial charge in [0.05, 0.1) is 11.6 Å². The predicted molar refractivity (Wildman–Crippen MR) is 190 cm³/mol. The second-order valence-electron chi connectivity index (χ2n) is 14.4. The Kier molecular flexibility index (Phi) is 6.09. The highest BCUT2D eigenvalue weighted by molar-refractivity contribution is 5.90. The number of hydrogen-bond acceptors (Lipinski definition) is 4. The van der Waals surface area contributed by atoms with Gasteiger partial charge in [0.25, 0.3) is 0 Å². The summed E-state index contributed by atoms with van der Waals surface area (Å²) in [6.45, 7) is 0. The van der Waals surface area contributed by atoms with E-state index in [1.54, 1.807) is 0 Å². The Morgan fingerprint density at radius 3 is 1.71 bits per heavy atom. The number of aromatic nitrogens is 3. The molecule has 1 heterocycles. The van der Waals surface area contributed by atoms with Crippen LogP contribution in [0.1, 0.15) is 48.8 Å². The Hall–Kier alpha value is -5.40. The maximum absolute atomic E-state index is 9.68. The van der Waals surface area contributed by atoms with Gasteiger partial charge in [0.1, 0.15) is 0 Å². The molecule has 4 nitrogen and oxygen atoms in total. The zero-order valence-corrected chi connectivity index (χ0v) is 26.7. The first-order valence-electron chi connectivity index (χ1n) is 17.3. The molecule has 0 atom stereocenters. The van der Waals surface area contributed by atoms with Crippen LogP contribution in [0.15, 0.2) is 121 Å². The van der Waals surface area contributed by atoms with Gasteiger partial charge in [0.15, 0.2) is 17.5 Å². The Bertz CT molecular complexity index is 2180. The third-order valence-electron chi connectivity index (χ3n) is 11.9. The number of nitriles is 1. The van der Waals surface area contributed by atoms with E-state index < -0.39 is 0 Å². The Morgan fingerprint density at radius 1 is 0.500 bits per heavy atom. The van der Waals surface area contributed by atoms with Crippen LogP contribution in [-0.2, 0) is 5.41 Å². The van der Waals surface area contributed by atoms with Crippen LogP contribution in [0, 0.1) is 35.0 Å². The molecule has 4 fully saturated rings. The van der Waals surface area contributed by atoms with Crippen molar-refractivity contribution in [3.63, 3.8) is 0 Å². The first kappa shape index (κ1) is 27.7. The largest absolute Gasteiger partial charge is 0.208 e. The molecule has 1 aromatic heterocycles. The van der Waals surface area contributed by atoms with Crippen molar-refractivity contribution in [3.05, 3.63) is 138 Å². The van der Waals surface area contributed by atoms with Crippen molar-refractivity contribution in [1.29, 1.82) is 5.26 Å². The van der Waals surface area contributed by atoms with Gasteiger partial charge in [0.2, 0.25) is 0 Å². The van der Waals surface area contributed by atoms with E-state index in [9.17, 15) is 5.26 Å². The quantitative estimate of drug-likeness (QED) is 0.197. The lowest BCUT2D eigenvalue weighted by Crippen LogP contribution is -2.55. The molecule has 4 bridgehead atoms. The molecule has 1 spiro atoms. The fourth-order valence-corrected chi connectivity index (χ4v) is 10.3. The fourth-order valence-electron chi connectivity index (χ4n) is 10.3. The molecule has 11 rings (SSSR count). The molecular formula is C44H34N4. The molecule has 5 aliphatic carbocycles. The summed E-state index contributed by atoms with van der Waals surface area (Å²) in [6, 6.07) is 44.9. The van der Waals surface area contributed by atoms with Crippen LogP contribution < -0.4 is 0 Å². The molecule has 0 unspecified atom stereocenters. The third kappa shape index (κ3) is 4.04. The van der Waals surface area contributed by atoms with Crippen molar-refractivity contribution >= 4 is 0 Å². The first-order valence-corrected chi connectivity index (χ1v) is 17.3. The van der Waals surface area contributed by atoms with Gasteiger partial charge in [-0.25, -0.2) is 15.0 Å². The van der Waals surface area contributed by atoms with Crippen LogP contribution in [-0.4, -0.2) is 15.0 Å². The third-order valence-corrected chi connectivity index (χ3v) is 11.9. The van der Waals surface area contributed by atoms with Crippen LogP contribution >= 0.6 is 0 Å². The maximum Gasteiger partial charge on any atom is 0.164 e. The molecule has 5 aliphatic rings. The summed E-state index contributed by atoms with van der Waals surface area (Å²) < 4.78 is 0. The van der Waals surface area contributed by atoms with E-state index in [0.29, 0.717) is 29.0 Å². The van der Waals surface area contributed by atoms with E-state index in [1.165, 1.54) is 59.9 Å². The van der Waals surface area contributed by atoms with E-state index in [-0.39, 0.29) is 5.41 Å². The molecule has 0 aliphatic heterocycles. The highest BCUT2D eigenvalue weighted by Crippen LogP contribution is 2.70. The van der Waals surface area contributed by atoms with E-state index in [1.807, 2.05) is 54.6 Å². The maximum atomic E-state index is 9.68. The summed E-state index contributed by atoms with van der Waals surface area (Å²) in [7, 11) is 0. The molecule has 0 N–H and O–H groups in total. The van der Waals surface area contributed by atoms with Crippen LogP contribution in [0.25, 0.3) is 56.4 Å². The SMILES string of the molecule is N#Cc1cccc(-c2ccc3c(c2)C2(c4c(-c5nc(-c6ccccc6)nc(-c6ccccc6)n5)cccc4-3)C3CC4CC(C3)CC2C4)c1. The first-order chi connectivity index (χ1) is 23.7. The minimum Gasteiger partial charge on any atom is -0.208 e. The van der Waals surface area contributed by atoms with Crippen molar-refractivity contribution in [2.75, 3.05) is 0 Å². The summed E-state index contributed by atoms with van der Waals surface area (Å²) in [5.41, 5.74) is 11.6. The lowest BCUT2D eigenvalue weighted by molar-refractivity contribution is -0.0397. The molecule has 0 saturated heterocycles. The van der Waals surface area contributed by atoms with Gasteiger partial charge in [-0.05, 0) is 107 Å². The number of nitrogens with zero attached hydrogens (tertiary/aromatic N) is 4. The highest BCUT2D eigenvalue weighted by atomic mass is 15.0. The number of fused-ring (bicyclic) bond motifs is 3. The minimum absolute atomic E-state index is 0.0933. The lowest BCUT2D eigenvalue weighted by Gasteiger charge is -2.61. The molecular weight excluding hydrogens is 585 g/mol. The topological polar surface area (TPSA) is 62.5 Å². The molecule has 0 amide bonds. The van der Waals surface area contributed by atoms with Crippen LogP contribution in [0.2, 0.25) is 0 Å². The highest BCUT2D eigenvalue weighted by Gasteiger charge is 2.62. The van der Waals surface area contributed by atoms with Gasteiger partial charge < -0.3 is 0 Å². The average Bonchev–Trinajstić information content (AvgIpc) is 3.44. The normalized spacial score (nSPS) is 24.3.